The van der Waals surface area contributed by atoms with Crippen LogP contribution in [-0.2, 0) is 11.2 Å². The topological polar surface area (TPSA) is 71.5 Å². The molecule has 0 saturated carbocycles. The lowest BCUT2D eigenvalue weighted by molar-refractivity contribution is 0.0696. The normalized spacial score (nSPS) is 10.5. The van der Waals surface area contributed by atoms with Gasteiger partial charge in [0.25, 0.3) is 0 Å². The van der Waals surface area contributed by atoms with Crippen LogP contribution in [0.1, 0.15) is 48.7 Å². The van der Waals surface area contributed by atoms with Gasteiger partial charge in [-0.05, 0) is 37.8 Å². The van der Waals surface area contributed by atoms with Gasteiger partial charge in [0.05, 0.1) is 5.56 Å². The van der Waals surface area contributed by atoms with Crippen LogP contribution in [0.15, 0.2) is 12.1 Å². The number of carbonyl (C=O) groups is 1. The minimum Gasteiger partial charge on any atom is -0.478 e. The monoisotopic (exact) mass is 280 g/mol. The fraction of sp³-hybridized carbons (Fsp3) is 0.600. The van der Waals surface area contributed by atoms with Gasteiger partial charge in [0.2, 0.25) is 0 Å². The molecule has 0 aliphatic carbocycles. The number of ether oxygens (including phenoxy) is 1. The Morgan fingerprint density at radius 3 is 2.80 bits per heavy atom. The van der Waals surface area contributed by atoms with Gasteiger partial charge in [-0.15, -0.1) is 0 Å². The van der Waals surface area contributed by atoms with Crippen molar-refractivity contribution >= 4 is 11.8 Å². The summed E-state index contributed by atoms with van der Waals surface area (Å²) in [4.78, 5) is 15.5. The van der Waals surface area contributed by atoms with Crippen LogP contribution in [0.5, 0.6) is 0 Å². The number of hydrogen-bond donors (Lipinski definition) is 2. The standard InChI is InChI=1S/C15H24N2O3/c1-3-7-13-10-12(15(18)19)11-14(17-13)16-8-5-4-6-9-20-2/h10-11H,3-9H2,1-2H3,(H,16,17)(H,18,19). The number of methoxy groups -OCH3 is 1. The minimum atomic E-state index is -0.909. The van der Waals surface area contributed by atoms with E-state index in [0.717, 1.165) is 50.9 Å². The largest absolute Gasteiger partial charge is 0.478 e. The fourth-order valence-corrected chi connectivity index (χ4v) is 1.95. The van der Waals surface area contributed by atoms with Crippen LogP contribution in [0.4, 0.5) is 5.82 Å². The average Bonchev–Trinajstić information content (AvgIpc) is 2.43. The number of rotatable bonds is 10. The number of carboxylic acid groups (broad SMARTS) is 1. The number of aromatic nitrogens is 1. The van der Waals surface area contributed by atoms with E-state index in [4.69, 9.17) is 9.84 Å². The van der Waals surface area contributed by atoms with Crippen molar-refractivity contribution in [1.29, 1.82) is 0 Å². The quantitative estimate of drug-likeness (QED) is 0.645. The van der Waals surface area contributed by atoms with E-state index in [-0.39, 0.29) is 0 Å². The molecule has 0 amide bonds. The number of pyridine rings is 1. The smallest absolute Gasteiger partial charge is 0.335 e. The summed E-state index contributed by atoms with van der Waals surface area (Å²) < 4.78 is 4.99. The molecule has 5 heteroatoms. The molecule has 0 atom stereocenters. The van der Waals surface area contributed by atoms with Gasteiger partial charge in [0, 0.05) is 26.0 Å². The first-order valence-corrected chi connectivity index (χ1v) is 7.14. The molecule has 1 rings (SSSR count). The summed E-state index contributed by atoms with van der Waals surface area (Å²) in [6, 6.07) is 3.24. The number of aromatic carboxylic acids is 1. The zero-order valence-corrected chi connectivity index (χ0v) is 12.3. The van der Waals surface area contributed by atoms with E-state index in [1.54, 1.807) is 19.2 Å². The Labute approximate surface area is 120 Å². The van der Waals surface area contributed by atoms with Crippen molar-refractivity contribution in [1.82, 2.24) is 4.98 Å². The summed E-state index contributed by atoms with van der Waals surface area (Å²) in [7, 11) is 1.70. The van der Waals surface area contributed by atoms with E-state index >= 15 is 0 Å². The lowest BCUT2D eigenvalue weighted by Crippen LogP contribution is -2.08. The maximum Gasteiger partial charge on any atom is 0.335 e. The molecule has 1 aromatic heterocycles. The Kier molecular flexibility index (Phi) is 7.65. The molecule has 1 heterocycles. The molecule has 0 spiro atoms. The molecule has 0 aliphatic rings. The molecule has 0 radical (unpaired) electrons. The molecular formula is C15H24N2O3. The second kappa shape index (κ2) is 9.31. The third-order valence-electron chi connectivity index (χ3n) is 2.96. The van der Waals surface area contributed by atoms with Gasteiger partial charge in [-0.25, -0.2) is 9.78 Å². The molecule has 1 aromatic rings. The summed E-state index contributed by atoms with van der Waals surface area (Å²) in [5.41, 5.74) is 1.12. The molecule has 20 heavy (non-hydrogen) atoms. The first-order valence-electron chi connectivity index (χ1n) is 7.14. The van der Waals surface area contributed by atoms with Crippen LogP contribution in [0.3, 0.4) is 0 Å². The number of hydrogen-bond acceptors (Lipinski definition) is 4. The van der Waals surface area contributed by atoms with Gasteiger partial charge in [0.1, 0.15) is 5.82 Å². The molecular weight excluding hydrogens is 256 g/mol. The first-order chi connectivity index (χ1) is 9.67. The SMILES string of the molecule is CCCc1cc(C(=O)O)cc(NCCCCCOC)n1. The zero-order valence-electron chi connectivity index (χ0n) is 12.3. The third kappa shape index (κ3) is 6.02. The highest BCUT2D eigenvalue weighted by Crippen LogP contribution is 2.12. The van der Waals surface area contributed by atoms with Crippen molar-refractivity contribution in [2.45, 2.75) is 39.0 Å². The van der Waals surface area contributed by atoms with Crippen LogP contribution in [0.25, 0.3) is 0 Å². The molecule has 5 nitrogen and oxygen atoms in total. The summed E-state index contributed by atoms with van der Waals surface area (Å²) in [6.07, 6.45) is 4.89. The Hall–Kier alpha value is -1.62. The van der Waals surface area contributed by atoms with Crippen molar-refractivity contribution in [3.8, 4) is 0 Å². The fourth-order valence-electron chi connectivity index (χ4n) is 1.95. The van der Waals surface area contributed by atoms with Crippen LogP contribution < -0.4 is 5.32 Å². The van der Waals surface area contributed by atoms with Gasteiger partial charge in [0.15, 0.2) is 0 Å². The molecule has 112 valence electrons. The highest BCUT2D eigenvalue weighted by molar-refractivity contribution is 5.88. The molecule has 0 fully saturated rings. The number of anilines is 1. The van der Waals surface area contributed by atoms with Crippen molar-refractivity contribution in [3.63, 3.8) is 0 Å². The van der Waals surface area contributed by atoms with Crippen molar-refractivity contribution in [2.24, 2.45) is 0 Å². The summed E-state index contributed by atoms with van der Waals surface area (Å²) >= 11 is 0. The molecule has 2 N–H and O–H groups in total. The zero-order chi connectivity index (χ0) is 14.8. The van der Waals surface area contributed by atoms with Crippen molar-refractivity contribution in [3.05, 3.63) is 23.4 Å². The van der Waals surface area contributed by atoms with E-state index in [1.807, 2.05) is 0 Å². The minimum absolute atomic E-state index is 0.297. The predicted molar refractivity (Wildman–Crippen MR) is 79.4 cm³/mol. The lowest BCUT2D eigenvalue weighted by atomic mass is 10.1. The van der Waals surface area contributed by atoms with E-state index in [1.165, 1.54) is 0 Å². The van der Waals surface area contributed by atoms with Crippen molar-refractivity contribution in [2.75, 3.05) is 25.6 Å². The second-order valence-electron chi connectivity index (χ2n) is 4.77. The van der Waals surface area contributed by atoms with Crippen LogP contribution >= 0.6 is 0 Å². The van der Waals surface area contributed by atoms with Gasteiger partial charge in [-0.2, -0.15) is 0 Å². The van der Waals surface area contributed by atoms with E-state index in [2.05, 4.69) is 17.2 Å². The van der Waals surface area contributed by atoms with E-state index in [0.29, 0.717) is 11.4 Å². The second-order valence-corrected chi connectivity index (χ2v) is 4.77. The predicted octanol–water partition coefficient (Wildman–Crippen LogP) is 2.96. The first kappa shape index (κ1) is 16.4. The maximum absolute atomic E-state index is 11.1. The Bertz CT molecular complexity index is 422. The Balaban J connectivity index is 2.53. The summed E-state index contributed by atoms with van der Waals surface area (Å²) in [5, 5.41) is 12.3. The van der Waals surface area contributed by atoms with E-state index in [9.17, 15) is 4.79 Å². The molecule has 0 bridgehead atoms. The average molecular weight is 280 g/mol. The van der Waals surface area contributed by atoms with Crippen LogP contribution in [-0.4, -0.2) is 36.3 Å². The van der Waals surface area contributed by atoms with Gasteiger partial charge >= 0.3 is 5.97 Å². The molecule has 0 aliphatic heterocycles. The van der Waals surface area contributed by atoms with Crippen molar-refractivity contribution < 1.29 is 14.6 Å². The number of nitrogens with one attached hydrogen (secondary N) is 1. The van der Waals surface area contributed by atoms with Gasteiger partial charge < -0.3 is 15.2 Å². The van der Waals surface area contributed by atoms with Gasteiger partial charge in [-0.1, -0.05) is 13.3 Å². The van der Waals surface area contributed by atoms with Gasteiger partial charge in [-0.3, -0.25) is 0 Å². The van der Waals surface area contributed by atoms with Crippen LogP contribution in [0, 0.1) is 0 Å². The van der Waals surface area contributed by atoms with Crippen LogP contribution in [0.2, 0.25) is 0 Å². The highest BCUT2D eigenvalue weighted by atomic mass is 16.5. The molecule has 0 aromatic carbocycles. The Morgan fingerprint density at radius 2 is 2.15 bits per heavy atom. The number of carboxylic acids is 1. The third-order valence-corrected chi connectivity index (χ3v) is 2.96. The summed E-state index contributed by atoms with van der Waals surface area (Å²) in [5.74, 6) is -0.256. The molecule has 0 saturated heterocycles. The number of nitrogens with zero attached hydrogens (tertiary/aromatic N) is 1. The number of aryl methyl sites for hydroxylation is 1. The maximum atomic E-state index is 11.1. The summed E-state index contributed by atoms with van der Waals surface area (Å²) in [6.45, 7) is 3.64. The Morgan fingerprint density at radius 1 is 1.35 bits per heavy atom. The highest BCUT2D eigenvalue weighted by Gasteiger charge is 2.07. The number of unbranched alkanes of at least 4 members (excludes halogenated alkanes) is 2. The lowest BCUT2D eigenvalue weighted by Gasteiger charge is -2.09. The molecule has 0 unspecified atom stereocenters. The van der Waals surface area contributed by atoms with E-state index < -0.39 is 5.97 Å².